The van der Waals surface area contributed by atoms with Crippen LogP contribution < -0.4 is 0 Å². The Labute approximate surface area is 132 Å². The summed E-state index contributed by atoms with van der Waals surface area (Å²) in [5.74, 6) is 0.676. The third-order valence-electron chi connectivity index (χ3n) is 3.81. The maximum Gasteiger partial charge on any atom is 0.244 e. The van der Waals surface area contributed by atoms with Crippen LogP contribution in [0.2, 0.25) is 5.02 Å². The molecule has 0 radical (unpaired) electrons. The molecule has 1 fully saturated rings. The van der Waals surface area contributed by atoms with Gasteiger partial charge in [0, 0.05) is 26.2 Å². The van der Waals surface area contributed by atoms with E-state index in [-0.39, 0.29) is 4.90 Å². The van der Waals surface area contributed by atoms with Gasteiger partial charge in [0.15, 0.2) is 0 Å². The number of nitrogens with zero attached hydrogens (tertiary/aromatic N) is 2. The summed E-state index contributed by atoms with van der Waals surface area (Å²) in [5, 5.41) is 0.291. The molecule has 1 saturated heterocycles. The van der Waals surface area contributed by atoms with Crippen LogP contribution in [0.25, 0.3) is 0 Å². The Hall–Kier alpha value is -0.620. The second kappa shape index (κ2) is 7.09. The summed E-state index contributed by atoms with van der Waals surface area (Å²) in [4.78, 5) is 2.54. The molecule has 21 heavy (non-hydrogen) atoms. The van der Waals surface area contributed by atoms with Crippen molar-refractivity contribution in [1.29, 1.82) is 0 Å². The normalized spacial score (nSPS) is 18.3. The van der Waals surface area contributed by atoms with E-state index in [0.717, 1.165) is 26.1 Å². The van der Waals surface area contributed by atoms with Crippen molar-refractivity contribution in [2.45, 2.75) is 25.2 Å². The summed E-state index contributed by atoms with van der Waals surface area (Å²) in [6.07, 6.45) is 1.15. The number of halogens is 1. The van der Waals surface area contributed by atoms with Gasteiger partial charge in [-0.05, 0) is 31.0 Å². The molecule has 0 amide bonds. The van der Waals surface area contributed by atoms with Crippen molar-refractivity contribution in [3.63, 3.8) is 0 Å². The zero-order valence-electron chi connectivity index (χ0n) is 12.6. The standard InChI is InChI=1S/C15H23ClN2O2S/c1-13(2)7-8-17-9-11-18(12-10-17)21(19,20)15-6-4-3-5-14(15)16/h3-6,13H,7-12H2,1-2H3. The highest BCUT2D eigenvalue weighted by molar-refractivity contribution is 7.89. The van der Waals surface area contributed by atoms with Crippen LogP contribution in [0.5, 0.6) is 0 Å². The van der Waals surface area contributed by atoms with Gasteiger partial charge in [-0.2, -0.15) is 4.31 Å². The van der Waals surface area contributed by atoms with Crippen LogP contribution in [-0.4, -0.2) is 50.3 Å². The molecule has 1 aliphatic heterocycles. The molecule has 1 aliphatic rings. The SMILES string of the molecule is CC(C)CCN1CCN(S(=O)(=O)c2ccccc2Cl)CC1. The molecule has 1 heterocycles. The highest BCUT2D eigenvalue weighted by atomic mass is 35.5. The first-order chi connectivity index (χ1) is 9.91. The van der Waals surface area contributed by atoms with E-state index in [1.807, 2.05) is 0 Å². The highest BCUT2D eigenvalue weighted by Gasteiger charge is 2.29. The molecule has 0 aromatic heterocycles. The predicted molar refractivity (Wildman–Crippen MR) is 86.1 cm³/mol. The molecule has 6 heteroatoms. The predicted octanol–water partition coefficient (Wildman–Crippen LogP) is 2.69. The van der Waals surface area contributed by atoms with E-state index in [0.29, 0.717) is 24.0 Å². The van der Waals surface area contributed by atoms with Gasteiger partial charge in [-0.3, -0.25) is 0 Å². The van der Waals surface area contributed by atoms with Gasteiger partial charge in [0.1, 0.15) is 4.90 Å². The van der Waals surface area contributed by atoms with Crippen molar-refractivity contribution >= 4 is 21.6 Å². The van der Waals surface area contributed by atoms with Crippen LogP contribution in [0.4, 0.5) is 0 Å². The van der Waals surface area contributed by atoms with Gasteiger partial charge in [0.05, 0.1) is 5.02 Å². The maximum absolute atomic E-state index is 12.6. The lowest BCUT2D eigenvalue weighted by molar-refractivity contribution is 0.180. The minimum atomic E-state index is -3.47. The molecular weight excluding hydrogens is 308 g/mol. The lowest BCUT2D eigenvalue weighted by Crippen LogP contribution is -2.48. The molecule has 0 atom stereocenters. The second-order valence-corrected chi connectivity index (χ2v) is 8.17. The minimum Gasteiger partial charge on any atom is -0.301 e. The van der Waals surface area contributed by atoms with Gasteiger partial charge in [0.25, 0.3) is 0 Å². The van der Waals surface area contributed by atoms with Crippen LogP contribution in [-0.2, 0) is 10.0 Å². The van der Waals surface area contributed by atoms with Crippen LogP contribution >= 0.6 is 11.6 Å². The van der Waals surface area contributed by atoms with Crippen LogP contribution in [0, 0.1) is 5.92 Å². The van der Waals surface area contributed by atoms with Crippen molar-refractivity contribution in [3.8, 4) is 0 Å². The number of benzene rings is 1. The smallest absolute Gasteiger partial charge is 0.244 e. The van der Waals surface area contributed by atoms with Gasteiger partial charge >= 0.3 is 0 Å². The second-order valence-electron chi connectivity index (χ2n) is 5.86. The van der Waals surface area contributed by atoms with E-state index >= 15 is 0 Å². The molecular formula is C15H23ClN2O2S. The van der Waals surface area contributed by atoms with Gasteiger partial charge < -0.3 is 4.90 Å². The maximum atomic E-state index is 12.6. The molecule has 1 aromatic carbocycles. The van der Waals surface area contributed by atoms with E-state index in [4.69, 9.17) is 11.6 Å². The zero-order chi connectivity index (χ0) is 15.5. The highest BCUT2D eigenvalue weighted by Crippen LogP contribution is 2.25. The van der Waals surface area contributed by atoms with Crippen LogP contribution in [0.3, 0.4) is 0 Å². The van der Waals surface area contributed by atoms with Gasteiger partial charge in [0.2, 0.25) is 10.0 Å². The summed E-state index contributed by atoms with van der Waals surface area (Å²) in [5.41, 5.74) is 0. The number of piperazine rings is 1. The van der Waals surface area contributed by atoms with E-state index in [9.17, 15) is 8.42 Å². The quantitative estimate of drug-likeness (QED) is 0.833. The summed E-state index contributed by atoms with van der Waals surface area (Å²) in [7, 11) is -3.47. The summed E-state index contributed by atoms with van der Waals surface area (Å²) < 4.78 is 26.7. The average molecular weight is 331 g/mol. The van der Waals surface area contributed by atoms with Crippen molar-refractivity contribution in [1.82, 2.24) is 9.21 Å². The molecule has 0 saturated carbocycles. The minimum absolute atomic E-state index is 0.210. The largest absolute Gasteiger partial charge is 0.301 e. The Morgan fingerprint density at radius 2 is 1.76 bits per heavy atom. The topological polar surface area (TPSA) is 40.6 Å². The Kier molecular flexibility index (Phi) is 5.66. The van der Waals surface area contributed by atoms with E-state index in [2.05, 4.69) is 18.7 Å². The summed E-state index contributed by atoms with van der Waals surface area (Å²) in [6, 6.07) is 6.64. The van der Waals surface area contributed by atoms with Crippen molar-refractivity contribution in [3.05, 3.63) is 29.3 Å². The molecule has 0 spiro atoms. The first kappa shape index (κ1) is 16.7. The number of sulfonamides is 1. The monoisotopic (exact) mass is 330 g/mol. The molecule has 0 aliphatic carbocycles. The third-order valence-corrected chi connectivity index (χ3v) is 6.21. The molecule has 0 N–H and O–H groups in total. The molecule has 4 nitrogen and oxygen atoms in total. The van der Waals surface area contributed by atoms with Gasteiger partial charge in [-0.15, -0.1) is 0 Å². The van der Waals surface area contributed by atoms with E-state index < -0.39 is 10.0 Å². The fourth-order valence-electron chi connectivity index (χ4n) is 2.43. The average Bonchev–Trinajstić information content (AvgIpc) is 2.46. The number of hydrogen-bond acceptors (Lipinski definition) is 3. The molecule has 0 bridgehead atoms. The zero-order valence-corrected chi connectivity index (χ0v) is 14.2. The first-order valence-corrected chi connectivity index (χ1v) is 9.20. The first-order valence-electron chi connectivity index (χ1n) is 7.38. The van der Waals surface area contributed by atoms with Crippen molar-refractivity contribution in [2.24, 2.45) is 5.92 Å². The fraction of sp³-hybridized carbons (Fsp3) is 0.600. The van der Waals surface area contributed by atoms with E-state index in [1.165, 1.54) is 0 Å². The number of rotatable bonds is 5. The molecule has 118 valence electrons. The van der Waals surface area contributed by atoms with Crippen molar-refractivity contribution in [2.75, 3.05) is 32.7 Å². The summed E-state index contributed by atoms with van der Waals surface area (Å²) >= 11 is 6.02. The summed E-state index contributed by atoms with van der Waals surface area (Å²) in [6.45, 7) is 8.10. The Morgan fingerprint density at radius 1 is 1.14 bits per heavy atom. The van der Waals surface area contributed by atoms with Gasteiger partial charge in [-0.25, -0.2) is 8.42 Å². The Bertz CT molecular complexity index is 567. The lowest BCUT2D eigenvalue weighted by atomic mass is 10.1. The Balaban J connectivity index is 2.00. The lowest BCUT2D eigenvalue weighted by Gasteiger charge is -2.34. The third kappa shape index (κ3) is 4.19. The molecule has 0 unspecified atom stereocenters. The molecule has 2 rings (SSSR count). The van der Waals surface area contributed by atoms with Crippen LogP contribution in [0.1, 0.15) is 20.3 Å². The van der Waals surface area contributed by atoms with Crippen molar-refractivity contribution < 1.29 is 8.42 Å². The van der Waals surface area contributed by atoms with Crippen LogP contribution in [0.15, 0.2) is 29.2 Å². The Morgan fingerprint density at radius 3 is 2.33 bits per heavy atom. The van der Waals surface area contributed by atoms with Gasteiger partial charge in [-0.1, -0.05) is 37.6 Å². The molecule has 1 aromatic rings. The van der Waals surface area contributed by atoms with E-state index in [1.54, 1.807) is 28.6 Å². The fourth-order valence-corrected chi connectivity index (χ4v) is 4.34. The number of hydrogen-bond donors (Lipinski definition) is 0.